The van der Waals surface area contributed by atoms with Crippen LogP contribution < -0.4 is 0 Å². The van der Waals surface area contributed by atoms with Gasteiger partial charge in [-0.25, -0.2) is 4.68 Å². The van der Waals surface area contributed by atoms with Gasteiger partial charge in [0.15, 0.2) is 0 Å². The number of aromatic nitrogens is 3. The van der Waals surface area contributed by atoms with Crippen molar-refractivity contribution in [3.63, 3.8) is 0 Å². The second-order valence-corrected chi connectivity index (χ2v) is 6.25. The first-order chi connectivity index (χ1) is 9.20. The molecule has 3 atom stereocenters. The summed E-state index contributed by atoms with van der Waals surface area (Å²) >= 11 is 0. The molecule has 4 nitrogen and oxygen atoms in total. The molecule has 19 heavy (non-hydrogen) atoms. The van der Waals surface area contributed by atoms with Gasteiger partial charge < -0.3 is 4.74 Å². The molecule has 0 N–H and O–H groups in total. The van der Waals surface area contributed by atoms with Crippen LogP contribution in [-0.4, -0.2) is 27.7 Å². The van der Waals surface area contributed by atoms with Crippen LogP contribution in [0.15, 0.2) is 0 Å². The van der Waals surface area contributed by atoms with E-state index in [0.29, 0.717) is 6.10 Å². The summed E-state index contributed by atoms with van der Waals surface area (Å²) in [5.74, 6) is 2.56. The summed E-state index contributed by atoms with van der Waals surface area (Å²) in [5.41, 5.74) is 2.63. The Kier molecular flexibility index (Phi) is 3.61. The third-order valence-corrected chi connectivity index (χ3v) is 4.78. The second kappa shape index (κ2) is 5.23. The third-order valence-electron chi connectivity index (χ3n) is 4.78. The molecule has 1 aromatic rings. The minimum Gasteiger partial charge on any atom is -0.378 e. The van der Waals surface area contributed by atoms with Crippen LogP contribution in [0.5, 0.6) is 0 Å². The van der Waals surface area contributed by atoms with Crippen molar-refractivity contribution in [2.75, 3.05) is 6.61 Å². The molecule has 2 aliphatic carbocycles. The van der Waals surface area contributed by atoms with Crippen LogP contribution in [0.2, 0.25) is 0 Å². The van der Waals surface area contributed by atoms with E-state index in [0.717, 1.165) is 43.7 Å². The predicted molar refractivity (Wildman–Crippen MR) is 73.9 cm³/mol. The largest absolute Gasteiger partial charge is 0.378 e. The molecule has 106 valence electrons. The van der Waals surface area contributed by atoms with Gasteiger partial charge in [0.25, 0.3) is 0 Å². The van der Waals surface area contributed by atoms with E-state index in [1.165, 1.54) is 24.2 Å². The van der Waals surface area contributed by atoms with Gasteiger partial charge in [-0.2, -0.15) is 0 Å². The Labute approximate surface area is 115 Å². The molecular formula is C15H25N3O. The maximum Gasteiger partial charge on any atom is 0.0859 e. The number of hydrogen-bond acceptors (Lipinski definition) is 3. The van der Waals surface area contributed by atoms with Crippen LogP contribution in [0.25, 0.3) is 0 Å². The van der Waals surface area contributed by atoms with Crippen LogP contribution >= 0.6 is 0 Å². The van der Waals surface area contributed by atoms with Crippen molar-refractivity contribution in [1.29, 1.82) is 0 Å². The number of rotatable bonds is 4. The van der Waals surface area contributed by atoms with Gasteiger partial charge >= 0.3 is 0 Å². The Morgan fingerprint density at radius 1 is 1.26 bits per heavy atom. The van der Waals surface area contributed by atoms with Gasteiger partial charge in [0, 0.05) is 6.54 Å². The molecule has 0 spiro atoms. The Balaban J connectivity index is 1.63. The van der Waals surface area contributed by atoms with Crippen molar-refractivity contribution in [3.8, 4) is 0 Å². The van der Waals surface area contributed by atoms with E-state index < -0.39 is 0 Å². The highest BCUT2D eigenvalue weighted by molar-refractivity contribution is 5.15. The molecule has 4 heteroatoms. The fraction of sp³-hybridized carbons (Fsp3) is 0.867. The molecule has 2 aliphatic rings. The van der Waals surface area contributed by atoms with Crippen molar-refractivity contribution >= 4 is 0 Å². The zero-order valence-electron chi connectivity index (χ0n) is 12.3. The van der Waals surface area contributed by atoms with Crippen molar-refractivity contribution < 1.29 is 4.74 Å². The molecule has 0 aromatic carbocycles. The van der Waals surface area contributed by atoms with Gasteiger partial charge in [-0.3, -0.25) is 0 Å². The van der Waals surface area contributed by atoms with E-state index in [9.17, 15) is 0 Å². The Morgan fingerprint density at radius 3 is 2.68 bits per heavy atom. The first-order valence-corrected chi connectivity index (χ1v) is 7.73. The molecule has 3 rings (SSSR count). The van der Waals surface area contributed by atoms with Gasteiger partial charge in [-0.15, -0.1) is 5.10 Å². The average Bonchev–Trinajstić information content (AvgIpc) is 2.87. The highest BCUT2D eigenvalue weighted by atomic mass is 16.5. The highest BCUT2D eigenvalue weighted by Crippen LogP contribution is 2.52. The van der Waals surface area contributed by atoms with E-state index in [-0.39, 0.29) is 0 Å². The average molecular weight is 263 g/mol. The maximum absolute atomic E-state index is 5.81. The molecule has 1 heterocycles. The molecule has 0 amide bonds. The summed E-state index contributed by atoms with van der Waals surface area (Å²) in [4.78, 5) is 0. The smallest absolute Gasteiger partial charge is 0.0859 e. The molecule has 1 aromatic heterocycles. The van der Waals surface area contributed by atoms with Crippen LogP contribution in [0.1, 0.15) is 45.0 Å². The fourth-order valence-electron chi connectivity index (χ4n) is 3.63. The van der Waals surface area contributed by atoms with E-state index in [4.69, 9.17) is 4.74 Å². The second-order valence-electron chi connectivity index (χ2n) is 6.25. The van der Waals surface area contributed by atoms with Crippen molar-refractivity contribution in [2.45, 2.75) is 59.1 Å². The summed E-state index contributed by atoms with van der Waals surface area (Å²) < 4.78 is 7.89. The van der Waals surface area contributed by atoms with Crippen molar-refractivity contribution in [2.24, 2.45) is 17.8 Å². The lowest BCUT2D eigenvalue weighted by Crippen LogP contribution is -2.07. The molecular weight excluding hydrogens is 238 g/mol. The fourth-order valence-corrected chi connectivity index (χ4v) is 3.63. The summed E-state index contributed by atoms with van der Waals surface area (Å²) in [6, 6.07) is 0. The first kappa shape index (κ1) is 13.1. The van der Waals surface area contributed by atoms with Gasteiger partial charge in [-0.05, 0) is 64.2 Å². The lowest BCUT2D eigenvalue weighted by molar-refractivity contribution is 0.0656. The van der Waals surface area contributed by atoms with Gasteiger partial charge in [0.1, 0.15) is 0 Å². The minimum absolute atomic E-state index is 0.361. The summed E-state index contributed by atoms with van der Waals surface area (Å²) in [6.45, 7) is 8.29. The Morgan fingerprint density at radius 2 is 2.00 bits per heavy atom. The number of ether oxygens (including phenoxy) is 1. The number of aryl methyl sites for hydroxylation is 2. The van der Waals surface area contributed by atoms with Crippen LogP contribution in [0.4, 0.5) is 0 Å². The number of hydrogen-bond donors (Lipinski definition) is 0. The van der Waals surface area contributed by atoms with Crippen molar-refractivity contribution in [1.82, 2.24) is 15.0 Å². The van der Waals surface area contributed by atoms with E-state index in [1.807, 2.05) is 0 Å². The monoisotopic (exact) mass is 263 g/mol. The molecule has 1 fully saturated rings. The lowest BCUT2D eigenvalue weighted by atomic mass is 10.0. The predicted octanol–water partition coefficient (Wildman–Crippen LogP) is 2.46. The Bertz CT molecular complexity index is 441. The molecule has 0 radical (unpaired) electrons. The Hall–Kier alpha value is -0.900. The summed E-state index contributed by atoms with van der Waals surface area (Å²) in [6.07, 6.45) is 5.17. The first-order valence-electron chi connectivity index (χ1n) is 7.73. The van der Waals surface area contributed by atoms with Crippen LogP contribution in [-0.2, 0) is 24.1 Å². The van der Waals surface area contributed by atoms with Crippen molar-refractivity contribution in [3.05, 3.63) is 11.4 Å². The summed E-state index contributed by atoms with van der Waals surface area (Å²) in [5, 5.41) is 8.62. The van der Waals surface area contributed by atoms with Gasteiger partial charge in [0.05, 0.1) is 24.1 Å². The summed E-state index contributed by atoms with van der Waals surface area (Å²) in [7, 11) is 0. The molecule has 0 saturated heterocycles. The quantitative estimate of drug-likeness (QED) is 0.838. The van der Waals surface area contributed by atoms with Crippen LogP contribution in [0, 0.1) is 17.8 Å². The lowest BCUT2D eigenvalue weighted by Gasteiger charge is -2.09. The van der Waals surface area contributed by atoms with E-state index >= 15 is 0 Å². The third kappa shape index (κ3) is 2.55. The van der Waals surface area contributed by atoms with E-state index in [2.05, 4.69) is 35.8 Å². The molecule has 0 bridgehead atoms. The van der Waals surface area contributed by atoms with E-state index in [1.54, 1.807) is 0 Å². The molecule has 0 aliphatic heterocycles. The number of fused-ring (bicyclic) bond motifs is 2. The maximum atomic E-state index is 5.81. The normalized spacial score (nSPS) is 29.6. The van der Waals surface area contributed by atoms with Gasteiger partial charge in [0.2, 0.25) is 0 Å². The topological polar surface area (TPSA) is 39.9 Å². The molecule has 1 saturated carbocycles. The minimum atomic E-state index is 0.361. The molecule has 3 unspecified atom stereocenters. The standard InChI is InChI=1S/C15H25N3O/c1-4-18-15-8-6-12-11(5-7-14(15)16-17-18)13(12)9-19-10(2)3/h10-13H,4-9H2,1-3H3. The van der Waals surface area contributed by atoms with Gasteiger partial charge in [-0.1, -0.05) is 5.21 Å². The number of nitrogens with zero attached hydrogens (tertiary/aromatic N) is 3. The zero-order valence-corrected chi connectivity index (χ0v) is 12.3. The zero-order chi connectivity index (χ0) is 13.4. The van der Waals surface area contributed by atoms with Crippen LogP contribution in [0.3, 0.4) is 0 Å². The SMILES string of the molecule is CCn1nnc2c1CCC1C(CC2)C1COC(C)C. The highest BCUT2D eigenvalue weighted by Gasteiger charge is 2.49.